The highest BCUT2D eigenvalue weighted by Crippen LogP contribution is 2.20. The van der Waals surface area contributed by atoms with E-state index in [-0.39, 0.29) is 6.61 Å². The summed E-state index contributed by atoms with van der Waals surface area (Å²) in [5.41, 5.74) is 5.50. The van der Waals surface area contributed by atoms with Gasteiger partial charge in [-0.15, -0.1) is 0 Å². The second kappa shape index (κ2) is 5.67. The molecule has 0 aliphatic heterocycles. The Bertz CT molecular complexity index is 365. The minimum Gasteiger partial charge on any atom is -0.461 e. The third kappa shape index (κ3) is 4.86. The Kier molecular flexibility index (Phi) is 4.51. The highest BCUT2D eigenvalue weighted by molar-refractivity contribution is 5.70. The van der Waals surface area contributed by atoms with Crippen molar-refractivity contribution in [2.45, 2.75) is 25.2 Å². The predicted molar refractivity (Wildman–Crippen MR) is 54.9 cm³/mol. The molecule has 0 radical (unpaired) electrons. The molecule has 0 saturated carbocycles. The van der Waals surface area contributed by atoms with E-state index in [1.807, 2.05) is 0 Å². The van der Waals surface area contributed by atoms with Crippen LogP contribution in [-0.4, -0.2) is 18.2 Å². The van der Waals surface area contributed by atoms with Crippen molar-refractivity contribution < 1.29 is 22.7 Å². The molecule has 0 heterocycles. The first kappa shape index (κ1) is 13.5. The van der Waals surface area contributed by atoms with Gasteiger partial charge in [0.1, 0.15) is 12.6 Å². The number of halogens is 3. The molecule has 0 fully saturated rings. The lowest BCUT2D eigenvalue weighted by atomic mass is 10.2. The quantitative estimate of drug-likeness (QED) is 0.828. The minimum atomic E-state index is -4.58. The zero-order valence-electron chi connectivity index (χ0n) is 8.91. The minimum absolute atomic E-state index is 0.0513. The number of nitrogens with two attached hydrogens (primary N) is 1. The Balaban J connectivity index is 2.36. The fourth-order valence-electron chi connectivity index (χ4n) is 1.09. The molecule has 0 aromatic heterocycles. The lowest BCUT2D eigenvalue weighted by Crippen LogP contribution is -2.39. The molecule has 2 N–H and O–H groups in total. The third-order valence-electron chi connectivity index (χ3n) is 2.05. The first-order chi connectivity index (χ1) is 7.89. The molecule has 6 heteroatoms. The number of alkyl halides is 3. The smallest absolute Gasteiger partial charge is 0.404 e. The topological polar surface area (TPSA) is 52.3 Å². The summed E-state index contributed by atoms with van der Waals surface area (Å²) in [5, 5.41) is 0. The molecule has 3 nitrogen and oxygen atoms in total. The van der Waals surface area contributed by atoms with Crippen LogP contribution in [0.15, 0.2) is 30.3 Å². The number of carbonyl (C=O) groups excluding carboxylic acids is 1. The molecule has 1 aromatic rings. The average Bonchev–Trinajstić information content (AvgIpc) is 2.26. The van der Waals surface area contributed by atoms with E-state index in [9.17, 15) is 18.0 Å². The molecular formula is C11H12F3NO2. The zero-order chi connectivity index (χ0) is 12.9. The molecule has 1 unspecified atom stereocenters. The molecule has 1 aromatic carbocycles. The van der Waals surface area contributed by atoms with Gasteiger partial charge in [-0.05, 0) is 5.56 Å². The fourth-order valence-corrected chi connectivity index (χ4v) is 1.09. The number of rotatable bonds is 4. The second-order valence-electron chi connectivity index (χ2n) is 3.50. The van der Waals surface area contributed by atoms with Crippen molar-refractivity contribution in [1.82, 2.24) is 0 Å². The fraction of sp³-hybridized carbons (Fsp3) is 0.364. The van der Waals surface area contributed by atoms with Gasteiger partial charge in [0, 0.05) is 0 Å². The molecule has 0 aliphatic carbocycles. The first-order valence-electron chi connectivity index (χ1n) is 4.91. The van der Waals surface area contributed by atoms with Gasteiger partial charge in [-0.2, -0.15) is 13.2 Å². The van der Waals surface area contributed by atoms with E-state index in [2.05, 4.69) is 4.74 Å². The monoisotopic (exact) mass is 247 g/mol. The van der Waals surface area contributed by atoms with Crippen LogP contribution < -0.4 is 5.73 Å². The van der Waals surface area contributed by atoms with Crippen molar-refractivity contribution in [3.8, 4) is 0 Å². The Morgan fingerprint density at radius 1 is 1.29 bits per heavy atom. The van der Waals surface area contributed by atoms with Crippen LogP contribution in [-0.2, 0) is 16.1 Å². The number of carbonyl (C=O) groups is 1. The van der Waals surface area contributed by atoms with E-state index in [1.54, 1.807) is 30.3 Å². The maximum Gasteiger partial charge on any atom is 0.404 e. The Labute approximate surface area is 96.4 Å². The van der Waals surface area contributed by atoms with Crippen LogP contribution in [0.4, 0.5) is 13.2 Å². The van der Waals surface area contributed by atoms with Gasteiger partial charge in [0.15, 0.2) is 0 Å². The second-order valence-corrected chi connectivity index (χ2v) is 3.50. The Hall–Kier alpha value is -1.56. The average molecular weight is 247 g/mol. The van der Waals surface area contributed by atoms with E-state index < -0.39 is 24.6 Å². The van der Waals surface area contributed by atoms with Crippen LogP contribution in [0.3, 0.4) is 0 Å². The molecule has 0 saturated heterocycles. The summed E-state index contributed by atoms with van der Waals surface area (Å²) in [6.07, 6.45) is -5.44. The summed E-state index contributed by atoms with van der Waals surface area (Å²) < 4.78 is 40.8. The summed E-state index contributed by atoms with van der Waals surface area (Å²) in [5.74, 6) is -0.960. The van der Waals surface area contributed by atoms with E-state index in [4.69, 9.17) is 5.73 Å². The molecule has 0 bridgehead atoms. The SMILES string of the molecule is NC(CC(=O)OCc1ccccc1)C(F)(F)F. The molecule has 0 aliphatic rings. The highest BCUT2D eigenvalue weighted by atomic mass is 19.4. The maximum absolute atomic E-state index is 12.0. The number of esters is 1. The van der Waals surface area contributed by atoms with Gasteiger partial charge in [-0.25, -0.2) is 0 Å². The van der Waals surface area contributed by atoms with Gasteiger partial charge in [-0.1, -0.05) is 30.3 Å². The number of hydrogen-bond acceptors (Lipinski definition) is 3. The van der Waals surface area contributed by atoms with Crippen LogP contribution in [0.2, 0.25) is 0 Å². The van der Waals surface area contributed by atoms with Gasteiger partial charge in [0.2, 0.25) is 0 Å². The lowest BCUT2D eigenvalue weighted by Gasteiger charge is -2.14. The van der Waals surface area contributed by atoms with Gasteiger partial charge in [-0.3, -0.25) is 4.79 Å². The Morgan fingerprint density at radius 3 is 2.41 bits per heavy atom. The lowest BCUT2D eigenvalue weighted by molar-refractivity contribution is -0.165. The van der Waals surface area contributed by atoms with Gasteiger partial charge < -0.3 is 10.5 Å². The first-order valence-corrected chi connectivity index (χ1v) is 4.91. The highest BCUT2D eigenvalue weighted by Gasteiger charge is 2.38. The summed E-state index contributed by atoms with van der Waals surface area (Å²) in [6, 6.07) is 6.50. The van der Waals surface area contributed by atoms with Crippen molar-refractivity contribution in [3.63, 3.8) is 0 Å². The summed E-state index contributed by atoms with van der Waals surface area (Å²) in [4.78, 5) is 11.1. The molecule has 94 valence electrons. The normalized spacial score (nSPS) is 13.2. The van der Waals surface area contributed by atoms with Crippen LogP contribution >= 0.6 is 0 Å². The maximum atomic E-state index is 12.0. The van der Waals surface area contributed by atoms with Crippen molar-refractivity contribution in [2.75, 3.05) is 0 Å². The van der Waals surface area contributed by atoms with Crippen LogP contribution in [0.25, 0.3) is 0 Å². The van der Waals surface area contributed by atoms with Gasteiger partial charge in [0.05, 0.1) is 6.42 Å². The number of ether oxygens (including phenoxy) is 1. The van der Waals surface area contributed by atoms with Crippen LogP contribution in [0.1, 0.15) is 12.0 Å². The van der Waals surface area contributed by atoms with Crippen molar-refractivity contribution in [2.24, 2.45) is 5.73 Å². The standard InChI is InChI=1S/C11H12F3NO2/c12-11(13,14)9(15)6-10(16)17-7-8-4-2-1-3-5-8/h1-5,9H,6-7,15H2. The van der Waals surface area contributed by atoms with Crippen molar-refractivity contribution >= 4 is 5.97 Å². The van der Waals surface area contributed by atoms with E-state index >= 15 is 0 Å². The molecule has 0 amide bonds. The van der Waals surface area contributed by atoms with Crippen LogP contribution in [0, 0.1) is 0 Å². The molecular weight excluding hydrogens is 235 g/mol. The van der Waals surface area contributed by atoms with Crippen molar-refractivity contribution in [3.05, 3.63) is 35.9 Å². The molecule has 0 spiro atoms. The summed E-state index contributed by atoms with van der Waals surface area (Å²) in [6.45, 7) is -0.0513. The zero-order valence-corrected chi connectivity index (χ0v) is 8.91. The van der Waals surface area contributed by atoms with Gasteiger partial charge >= 0.3 is 12.1 Å². The largest absolute Gasteiger partial charge is 0.461 e. The molecule has 1 atom stereocenters. The van der Waals surface area contributed by atoms with Crippen LogP contribution in [0.5, 0.6) is 0 Å². The Morgan fingerprint density at radius 2 is 1.88 bits per heavy atom. The molecule has 1 rings (SSSR count). The van der Waals surface area contributed by atoms with E-state index in [0.717, 1.165) is 0 Å². The van der Waals surface area contributed by atoms with Gasteiger partial charge in [0.25, 0.3) is 0 Å². The van der Waals surface area contributed by atoms with E-state index in [0.29, 0.717) is 5.56 Å². The van der Waals surface area contributed by atoms with Crippen molar-refractivity contribution in [1.29, 1.82) is 0 Å². The third-order valence-corrected chi connectivity index (χ3v) is 2.05. The summed E-state index contributed by atoms with van der Waals surface area (Å²) in [7, 11) is 0. The number of benzene rings is 1. The number of hydrogen-bond donors (Lipinski definition) is 1. The predicted octanol–water partition coefficient (Wildman–Crippen LogP) is 2.01. The van der Waals surface area contributed by atoms with E-state index in [1.165, 1.54) is 0 Å². The molecule has 17 heavy (non-hydrogen) atoms. The summed E-state index contributed by atoms with van der Waals surface area (Å²) >= 11 is 0.